The number of hydrogen-bond donors (Lipinski definition) is 3. The molecule has 0 aliphatic carbocycles. The first kappa shape index (κ1) is 13.0. The summed E-state index contributed by atoms with van der Waals surface area (Å²) >= 11 is 0. The van der Waals surface area contributed by atoms with Gasteiger partial charge in [0.05, 0.1) is 0 Å². The molecule has 0 aliphatic rings. The maximum atomic E-state index is 9.44. The molecule has 0 saturated heterocycles. The van der Waals surface area contributed by atoms with Crippen molar-refractivity contribution in [3.05, 3.63) is 29.3 Å². The fourth-order valence-corrected chi connectivity index (χ4v) is 1.94. The molecule has 1 aromatic rings. The lowest BCUT2D eigenvalue weighted by Gasteiger charge is -2.21. The van der Waals surface area contributed by atoms with Crippen molar-refractivity contribution < 1.29 is 5.11 Å². The Hall–Kier alpha value is -1.06. The Labute approximate surface area is 97.5 Å². The van der Waals surface area contributed by atoms with Gasteiger partial charge in [-0.05, 0) is 55.5 Å². The van der Waals surface area contributed by atoms with E-state index in [0.29, 0.717) is 30.7 Å². The van der Waals surface area contributed by atoms with Crippen molar-refractivity contribution in [1.29, 1.82) is 0 Å². The quantitative estimate of drug-likeness (QED) is 0.705. The second kappa shape index (κ2) is 5.87. The summed E-state index contributed by atoms with van der Waals surface area (Å²) in [6.45, 7) is 5.35. The molecule has 90 valence electrons. The van der Waals surface area contributed by atoms with Gasteiger partial charge in [-0.3, -0.25) is 0 Å². The van der Waals surface area contributed by atoms with Gasteiger partial charge in [-0.2, -0.15) is 0 Å². The smallest absolute Gasteiger partial charge is 0.118 e. The van der Waals surface area contributed by atoms with Gasteiger partial charge in [0.25, 0.3) is 0 Å². The molecule has 3 nitrogen and oxygen atoms in total. The third-order valence-corrected chi connectivity index (χ3v) is 3.23. The average molecular weight is 222 g/mol. The number of phenolic OH excluding ortho intramolecular Hbond substituents is 1. The van der Waals surface area contributed by atoms with Crippen LogP contribution in [-0.2, 0) is 6.42 Å². The minimum absolute atomic E-state index is 0.352. The Morgan fingerprint density at radius 1 is 1.25 bits per heavy atom. The molecule has 0 fully saturated rings. The molecule has 3 heteroatoms. The van der Waals surface area contributed by atoms with Crippen LogP contribution in [0.2, 0.25) is 0 Å². The minimum atomic E-state index is 0.352. The lowest BCUT2D eigenvalue weighted by molar-refractivity contribution is 0.372. The predicted molar refractivity (Wildman–Crippen MR) is 67.3 cm³/mol. The monoisotopic (exact) mass is 222 g/mol. The molecular weight excluding hydrogens is 200 g/mol. The molecule has 0 amide bonds. The normalized spacial score (nSPS) is 13.1. The topological polar surface area (TPSA) is 72.3 Å². The SMILES string of the molecule is Cc1cc(CC(C)C(CN)CN)ccc1O. The van der Waals surface area contributed by atoms with Crippen molar-refractivity contribution in [2.75, 3.05) is 13.1 Å². The summed E-state index contributed by atoms with van der Waals surface area (Å²) < 4.78 is 0. The van der Waals surface area contributed by atoms with Crippen LogP contribution in [0.5, 0.6) is 5.75 Å². The van der Waals surface area contributed by atoms with Gasteiger partial charge in [0.1, 0.15) is 5.75 Å². The summed E-state index contributed by atoms with van der Waals surface area (Å²) in [4.78, 5) is 0. The van der Waals surface area contributed by atoms with E-state index in [0.717, 1.165) is 12.0 Å². The molecule has 1 atom stereocenters. The summed E-state index contributed by atoms with van der Waals surface area (Å²) in [7, 11) is 0. The third kappa shape index (κ3) is 3.22. The highest BCUT2D eigenvalue weighted by Gasteiger charge is 2.14. The largest absolute Gasteiger partial charge is 0.508 e. The van der Waals surface area contributed by atoms with Gasteiger partial charge in [0.15, 0.2) is 0 Å². The number of rotatable bonds is 5. The number of phenols is 1. The summed E-state index contributed by atoms with van der Waals surface area (Å²) in [6, 6.07) is 5.73. The van der Waals surface area contributed by atoms with Gasteiger partial charge >= 0.3 is 0 Å². The van der Waals surface area contributed by atoms with Crippen molar-refractivity contribution in [1.82, 2.24) is 0 Å². The van der Waals surface area contributed by atoms with Crippen molar-refractivity contribution in [3.8, 4) is 5.75 Å². The van der Waals surface area contributed by atoms with Crippen LogP contribution >= 0.6 is 0 Å². The highest BCUT2D eigenvalue weighted by molar-refractivity contribution is 5.35. The lowest BCUT2D eigenvalue weighted by atomic mass is 9.88. The fourth-order valence-electron chi connectivity index (χ4n) is 1.94. The van der Waals surface area contributed by atoms with Crippen LogP contribution in [0.25, 0.3) is 0 Å². The third-order valence-electron chi connectivity index (χ3n) is 3.23. The number of nitrogens with two attached hydrogens (primary N) is 2. The maximum Gasteiger partial charge on any atom is 0.118 e. The van der Waals surface area contributed by atoms with Gasteiger partial charge in [-0.25, -0.2) is 0 Å². The molecule has 1 rings (SSSR count). The molecule has 5 N–H and O–H groups in total. The molecule has 0 radical (unpaired) electrons. The molecule has 0 aliphatic heterocycles. The molecule has 1 aromatic carbocycles. The van der Waals surface area contributed by atoms with Crippen molar-refractivity contribution in [2.24, 2.45) is 23.3 Å². The van der Waals surface area contributed by atoms with Crippen LogP contribution in [0.4, 0.5) is 0 Å². The first-order chi connectivity index (χ1) is 7.58. The summed E-state index contributed by atoms with van der Waals surface area (Å²) in [5.41, 5.74) is 13.5. The van der Waals surface area contributed by atoms with E-state index in [1.807, 2.05) is 19.1 Å². The van der Waals surface area contributed by atoms with Crippen LogP contribution in [0.15, 0.2) is 18.2 Å². The minimum Gasteiger partial charge on any atom is -0.508 e. The highest BCUT2D eigenvalue weighted by atomic mass is 16.3. The number of benzene rings is 1. The molecule has 16 heavy (non-hydrogen) atoms. The van der Waals surface area contributed by atoms with Crippen LogP contribution in [0, 0.1) is 18.8 Å². The fraction of sp³-hybridized carbons (Fsp3) is 0.538. The summed E-state index contributed by atoms with van der Waals surface area (Å²) in [6.07, 6.45) is 0.959. The molecule has 0 heterocycles. The number of aryl methyl sites for hydroxylation is 1. The summed E-state index contributed by atoms with van der Waals surface area (Å²) in [5.74, 6) is 1.19. The van der Waals surface area contributed by atoms with E-state index in [-0.39, 0.29) is 0 Å². The van der Waals surface area contributed by atoms with E-state index in [4.69, 9.17) is 11.5 Å². The summed E-state index contributed by atoms with van der Waals surface area (Å²) in [5, 5.41) is 9.44. The molecule has 0 aromatic heterocycles. The van der Waals surface area contributed by atoms with Crippen LogP contribution in [-0.4, -0.2) is 18.2 Å². The molecule has 0 bridgehead atoms. The second-order valence-corrected chi connectivity index (χ2v) is 4.53. The molecule has 1 unspecified atom stereocenters. The maximum absolute atomic E-state index is 9.44. The van der Waals surface area contributed by atoms with E-state index in [1.54, 1.807) is 6.07 Å². The van der Waals surface area contributed by atoms with Crippen molar-refractivity contribution >= 4 is 0 Å². The Morgan fingerprint density at radius 3 is 2.38 bits per heavy atom. The number of aromatic hydroxyl groups is 1. The Morgan fingerprint density at radius 2 is 1.88 bits per heavy atom. The number of hydrogen-bond acceptors (Lipinski definition) is 3. The molecule has 0 saturated carbocycles. The Balaban J connectivity index is 2.69. The van der Waals surface area contributed by atoms with E-state index >= 15 is 0 Å². The second-order valence-electron chi connectivity index (χ2n) is 4.53. The standard InChI is InChI=1S/C13H22N2O/c1-9(12(7-14)8-15)5-11-3-4-13(16)10(2)6-11/h3-4,6,9,12,16H,5,7-8,14-15H2,1-2H3. The van der Waals surface area contributed by atoms with Crippen molar-refractivity contribution in [3.63, 3.8) is 0 Å². The van der Waals surface area contributed by atoms with Crippen LogP contribution < -0.4 is 11.5 Å². The van der Waals surface area contributed by atoms with E-state index in [9.17, 15) is 5.11 Å². The predicted octanol–water partition coefficient (Wildman–Crippen LogP) is 1.41. The van der Waals surface area contributed by atoms with Gasteiger partial charge in [-0.15, -0.1) is 0 Å². The van der Waals surface area contributed by atoms with Gasteiger partial charge in [0, 0.05) is 0 Å². The first-order valence-electron chi connectivity index (χ1n) is 5.77. The average Bonchev–Trinajstić information content (AvgIpc) is 2.25. The van der Waals surface area contributed by atoms with E-state index in [2.05, 4.69) is 6.92 Å². The van der Waals surface area contributed by atoms with E-state index < -0.39 is 0 Å². The van der Waals surface area contributed by atoms with E-state index in [1.165, 1.54) is 5.56 Å². The van der Waals surface area contributed by atoms with Crippen LogP contribution in [0.3, 0.4) is 0 Å². The Kier molecular flexibility index (Phi) is 4.77. The first-order valence-corrected chi connectivity index (χ1v) is 5.77. The molecular formula is C13H22N2O. The zero-order valence-corrected chi connectivity index (χ0v) is 10.1. The highest BCUT2D eigenvalue weighted by Crippen LogP contribution is 2.21. The van der Waals surface area contributed by atoms with Gasteiger partial charge in [-0.1, -0.05) is 19.1 Å². The zero-order chi connectivity index (χ0) is 12.1. The van der Waals surface area contributed by atoms with Gasteiger partial charge in [0.2, 0.25) is 0 Å². The zero-order valence-electron chi connectivity index (χ0n) is 10.1. The Bertz CT molecular complexity index is 335. The lowest BCUT2D eigenvalue weighted by Crippen LogP contribution is -2.30. The van der Waals surface area contributed by atoms with Crippen LogP contribution in [0.1, 0.15) is 18.1 Å². The molecule has 0 spiro atoms. The van der Waals surface area contributed by atoms with Crippen molar-refractivity contribution in [2.45, 2.75) is 20.3 Å². The van der Waals surface area contributed by atoms with Gasteiger partial charge < -0.3 is 16.6 Å².